The van der Waals surface area contributed by atoms with Gasteiger partial charge in [-0.3, -0.25) is 0 Å². The predicted octanol–water partition coefficient (Wildman–Crippen LogP) is 3.48. The minimum absolute atomic E-state index is 0.0389. The summed E-state index contributed by atoms with van der Waals surface area (Å²) >= 11 is 1.72. The Morgan fingerprint density at radius 1 is 1.41 bits per heavy atom. The molecule has 22 heavy (non-hydrogen) atoms. The van der Waals surface area contributed by atoms with Crippen molar-refractivity contribution in [1.29, 1.82) is 0 Å². The quantitative estimate of drug-likeness (QED) is 0.882. The highest BCUT2D eigenvalue weighted by Gasteiger charge is 2.26. The van der Waals surface area contributed by atoms with Gasteiger partial charge in [0.1, 0.15) is 23.0 Å². The van der Waals surface area contributed by atoms with E-state index >= 15 is 0 Å². The number of hydrogen-bond acceptors (Lipinski definition) is 5. The van der Waals surface area contributed by atoms with Crippen LogP contribution in [0.2, 0.25) is 0 Å². The molecule has 0 amide bonds. The van der Waals surface area contributed by atoms with E-state index in [-0.39, 0.29) is 5.92 Å². The first-order valence-electron chi connectivity index (χ1n) is 7.86. The molecule has 6 heteroatoms. The number of nitrogens with one attached hydrogen (secondary N) is 1. The summed E-state index contributed by atoms with van der Waals surface area (Å²) in [5.74, 6) is -0.112. The summed E-state index contributed by atoms with van der Waals surface area (Å²) in [4.78, 5) is 22.7. The zero-order chi connectivity index (χ0) is 15.7. The van der Waals surface area contributed by atoms with E-state index in [0.717, 1.165) is 29.5 Å². The van der Waals surface area contributed by atoms with Crippen molar-refractivity contribution in [3.05, 3.63) is 16.8 Å². The summed E-state index contributed by atoms with van der Waals surface area (Å²) in [7, 11) is 0. The third kappa shape index (κ3) is 2.67. The van der Waals surface area contributed by atoms with Crippen LogP contribution < -0.4 is 5.32 Å². The molecule has 0 spiro atoms. The Kier molecular flexibility index (Phi) is 4.29. The topological polar surface area (TPSA) is 75.1 Å². The molecule has 2 N–H and O–H groups in total. The molecule has 2 aromatic heterocycles. The van der Waals surface area contributed by atoms with Crippen LogP contribution in [0.5, 0.6) is 0 Å². The monoisotopic (exact) mass is 319 g/mol. The summed E-state index contributed by atoms with van der Waals surface area (Å²) in [5.41, 5.74) is 1.32. The SMILES string of the molecule is CCC(C)C(Nc1ncnc2sc3c(c12)CCCC3)C(=O)O. The summed E-state index contributed by atoms with van der Waals surface area (Å²) in [6, 6.07) is -0.623. The molecule has 1 aliphatic carbocycles. The molecule has 118 valence electrons. The predicted molar refractivity (Wildman–Crippen MR) is 88.6 cm³/mol. The number of carbonyl (C=O) groups is 1. The van der Waals surface area contributed by atoms with Crippen LogP contribution in [-0.2, 0) is 17.6 Å². The molecule has 2 heterocycles. The fourth-order valence-corrected chi connectivity index (χ4v) is 4.26. The Bertz CT molecular complexity index is 698. The van der Waals surface area contributed by atoms with Crippen molar-refractivity contribution in [3.63, 3.8) is 0 Å². The van der Waals surface area contributed by atoms with Gasteiger partial charge in [-0.05, 0) is 37.2 Å². The van der Waals surface area contributed by atoms with Gasteiger partial charge in [-0.1, -0.05) is 20.3 Å². The van der Waals surface area contributed by atoms with Gasteiger partial charge in [0.2, 0.25) is 0 Å². The van der Waals surface area contributed by atoms with Crippen LogP contribution in [0.1, 0.15) is 43.6 Å². The molecule has 0 aliphatic heterocycles. The molecule has 0 saturated carbocycles. The number of carboxylic acid groups (broad SMARTS) is 1. The molecule has 0 bridgehead atoms. The van der Waals surface area contributed by atoms with Crippen LogP contribution in [0.25, 0.3) is 10.2 Å². The van der Waals surface area contributed by atoms with Gasteiger partial charge in [0.25, 0.3) is 0 Å². The molecule has 2 unspecified atom stereocenters. The van der Waals surface area contributed by atoms with Gasteiger partial charge in [-0.15, -0.1) is 11.3 Å². The van der Waals surface area contributed by atoms with Crippen molar-refractivity contribution in [1.82, 2.24) is 9.97 Å². The fourth-order valence-electron chi connectivity index (χ4n) is 3.03. The van der Waals surface area contributed by atoms with Crippen LogP contribution >= 0.6 is 11.3 Å². The number of hydrogen-bond donors (Lipinski definition) is 2. The summed E-state index contributed by atoms with van der Waals surface area (Å²) in [6.45, 7) is 3.96. The van der Waals surface area contributed by atoms with Crippen molar-refractivity contribution in [3.8, 4) is 0 Å². The van der Waals surface area contributed by atoms with E-state index in [0.29, 0.717) is 5.82 Å². The first kappa shape index (κ1) is 15.2. The highest BCUT2D eigenvalue weighted by atomic mass is 32.1. The number of fused-ring (bicyclic) bond motifs is 3. The molecular weight excluding hydrogens is 298 g/mol. The molecule has 0 radical (unpaired) electrons. The number of carboxylic acids is 1. The molecular formula is C16H21N3O2S. The maximum absolute atomic E-state index is 11.6. The van der Waals surface area contributed by atoms with E-state index in [2.05, 4.69) is 15.3 Å². The van der Waals surface area contributed by atoms with Crippen molar-refractivity contribution < 1.29 is 9.90 Å². The van der Waals surface area contributed by atoms with Gasteiger partial charge in [0, 0.05) is 4.88 Å². The van der Waals surface area contributed by atoms with Gasteiger partial charge in [0.15, 0.2) is 0 Å². The number of thiophene rings is 1. The lowest BCUT2D eigenvalue weighted by Crippen LogP contribution is -2.35. The van der Waals surface area contributed by atoms with E-state index in [4.69, 9.17) is 0 Å². The van der Waals surface area contributed by atoms with Gasteiger partial charge in [-0.2, -0.15) is 0 Å². The van der Waals surface area contributed by atoms with E-state index in [1.54, 1.807) is 11.3 Å². The zero-order valence-electron chi connectivity index (χ0n) is 12.9. The Morgan fingerprint density at radius 2 is 2.18 bits per heavy atom. The molecule has 1 aliphatic rings. The summed E-state index contributed by atoms with van der Waals surface area (Å²) in [5, 5.41) is 13.7. The molecule has 5 nitrogen and oxygen atoms in total. The van der Waals surface area contributed by atoms with E-state index in [1.807, 2.05) is 13.8 Å². The Labute approximate surface area is 133 Å². The van der Waals surface area contributed by atoms with Crippen LogP contribution in [-0.4, -0.2) is 27.1 Å². The summed E-state index contributed by atoms with van der Waals surface area (Å²) in [6.07, 6.45) is 6.88. The number of aliphatic carboxylic acids is 1. The normalized spacial score (nSPS) is 17.0. The van der Waals surface area contributed by atoms with Crippen LogP contribution in [0, 0.1) is 5.92 Å². The van der Waals surface area contributed by atoms with Gasteiger partial charge < -0.3 is 10.4 Å². The van der Waals surface area contributed by atoms with Crippen molar-refractivity contribution >= 4 is 33.3 Å². The van der Waals surface area contributed by atoms with Crippen LogP contribution in [0.15, 0.2) is 6.33 Å². The minimum atomic E-state index is -0.829. The molecule has 3 rings (SSSR count). The second-order valence-electron chi connectivity index (χ2n) is 5.96. The van der Waals surface area contributed by atoms with Crippen molar-refractivity contribution in [2.75, 3.05) is 5.32 Å². The molecule has 0 fully saturated rings. The minimum Gasteiger partial charge on any atom is -0.480 e. The van der Waals surface area contributed by atoms with Gasteiger partial charge in [-0.25, -0.2) is 14.8 Å². The van der Waals surface area contributed by atoms with Crippen molar-refractivity contribution in [2.24, 2.45) is 5.92 Å². The zero-order valence-corrected chi connectivity index (χ0v) is 13.7. The van der Waals surface area contributed by atoms with Crippen LogP contribution in [0.4, 0.5) is 5.82 Å². The average molecular weight is 319 g/mol. The lowest BCUT2D eigenvalue weighted by atomic mass is 9.96. The third-order valence-corrected chi connectivity index (χ3v) is 5.72. The molecule has 0 aromatic carbocycles. The smallest absolute Gasteiger partial charge is 0.326 e. The van der Waals surface area contributed by atoms with E-state index in [9.17, 15) is 9.90 Å². The second kappa shape index (κ2) is 6.20. The number of aromatic nitrogens is 2. The van der Waals surface area contributed by atoms with Crippen molar-refractivity contribution in [2.45, 2.75) is 52.0 Å². The van der Waals surface area contributed by atoms with Gasteiger partial charge in [0.05, 0.1) is 5.39 Å². The molecule has 2 aromatic rings. The van der Waals surface area contributed by atoms with Gasteiger partial charge >= 0.3 is 5.97 Å². The lowest BCUT2D eigenvalue weighted by molar-refractivity contribution is -0.139. The van der Waals surface area contributed by atoms with E-state index < -0.39 is 12.0 Å². The first-order chi connectivity index (χ1) is 10.6. The third-order valence-electron chi connectivity index (χ3n) is 4.52. The molecule has 2 atom stereocenters. The number of nitrogens with zero attached hydrogens (tertiary/aromatic N) is 2. The fraction of sp³-hybridized carbons (Fsp3) is 0.562. The maximum Gasteiger partial charge on any atom is 0.326 e. The standard InChI is InChI=1S/C16H21N3O2S/c1-3-9(2)13(16(20)21)19-14-12-10-6-4-5-7-11(10)22-15(12)18-8-17-14/h8-9,13H,3-7H2,1-2H3,(H,20,21)(H,17,18,19). The first-order valence-corrected chi connectivity index (χ1v) is 8.68. The van der Waals surface area contributed by atoms with E-state index in [1.165, 1.54) is 29.6 Å². The average Bonchev–Trinajstić information content (AvgIpc) is 2.90. The maximum atomic E-state index is 11.6. The lowest BCUT2D eigenvalue weighted by Gasteiger charge is -2.21. The number of aryl methyl sites for hydroxylation is 2. The molecule has 0 saturated heterocycles. The number of rotatable bonds is 5. The Morgan fingerprint density at radius 3 is 2.91 bits per heavy atom. The largest absolute Gasteiger partial charge is 0.480 e. The highest BCUT2D eigenvalue weighted by molar-refractivity contribution is 7.19. The van der Waals surface area contributed by atoms with Crippen LogP contribution in [0.3, 0.4) is 0 Å². The Balaban J connectivity index is 2.03. The summed E-state index contributed by atoms with van der Waals surface area (Å²) < 4.78 is 0. The highest BCUT2D eigenvalue weighted by Crippen LogP contribution is 2.38. The Hall–Kier alpha value is -1.69. The number of anilines is 1. The second-order valence-corrected chi connectivity index (χ2v) is 7.04.